The quantitative estimate of drug-likeness (QED) is 0.833. The Hall–Kier alpha value is -1.77. The van der Waals surface area contributed by atoms with Gasteiger partial charge in [0.05, 0.1) is 17.8 Å². The molecule has 2 aliphatic heterocycles. The Balaban J connectivity index is 1.56. The molecule has 0 unspecified atom stereocenters. The molecule has 0 bridgehead atoms. The first-order valence-electron chi connectivity index (χ1n) is 7.74. The molecule has 126 valence electrons. The van der Waals surface area contributed by atoms with Gasteiger partial charge in [0.1, 0.15) is 4.21 Å². The largest absolute Gasteiger partial charge is 0.310 e. The summed E-state index contributed by atoms with van der Waals surface area (Å²) in [6.07, 6.45) is 3.34. The average Bonchev–Trinajstić information content (AvgIpc) is 3.25. The molecular weight excluding hydrogens is 346 g/mol. The van der Waals surface area contributed by atoms with Crippen molar-refractivity contribution in [1.29, 1.82) is 0 Å². The molecule has 4 rings (SSSR count). The predicted molar refractivity (Wildman–Crippen MR) is 91.4 cm³/mol. The van der Waals surface area contributed by atoms with Gasteiger partial charge < -0.3 is 4.90 Å². The number of carbonyl (C=O) groups excluding carboxylic acids is 1. The zero-order valence-corrected chi connectivity index (χ0v) is 14.8. The van der Waals surface area contributed by atoms with Gasteiger partial charge in [0.15, 0.2) is 0 Å². The summed E-state index contributed by atoms with van der Waals surface area (Å²) in [4.78, 5) is 18.5. The fourth-order valence-corrected chi connectivity index (χ4v) is 6.58. The Bertz CT molecular complexity index is 879. The molecule has 0 radical (unpaired) electrons. The van der Waals surface area contributed by atoms with Crippen molar-refractivity contribution < 1.29 is 13.2 Å². The third-order valence-electron chi connectivity index (χ3n) is 4.75. The van der Waals surface area contributed by atoms with E-state index in [1.807, 2.05) is 12.1 Å². The van der Waals surface area contributed by atoms with Gasteiger partial charge in [0, 0.05) is 31.7 Å². The smallest absolute Gasteiger partial charge is 0.252 e. The Morgan fingerprint density at radius 2 is 2.08 bits per heavy atom. The van der Waals surface area contributed by atoms with E-state index in [0.29, 0.717) is 17.3 Å². The number of thiophene rings is 1. The number of hydrogen-bond donors (Lipinski definition) is 0. The van der Waals surface area contributed by atoms with Crippen molar-refractivity contribution >= 4 is 33.0 Å². The van der Waals surface area contributed by atoms with E-state index >= 15 is 0 Å². The van der Waals surface area contributed by atoms with Gasteiger partial charge in [-0.2, -0.15) is 4.31 Å². The van der Waals surface area contributed by atoms with Crippen LogP contribution >= 0.6 is 11.3 Å². The molecule has 4 heterocycles. The first-order valence-corrected chi connectivity index (χ1v) is 10.1. The van der Waals surface area contributed by atoms with Crippen molar-refractivity contribution in [2.45, 2.75) is 11.1 Å². The van der Waals surface area contributed by atoms with Crippen LogP contribution in [0.5, 0.6) is 0 Å². The molecule has 2 atom stereocenters. The predicted octanol–water partition coefficient (Wildman–Crippen LogP) is 1.74. The van der Waals surface area contributed by atoms with E-state index in [1.165, 1.54) is 15.6 Å². The lowest BCUT2D eigenvalue weighted by atomic mass is 10.0. The van der Waals surface area contributed by atoms with E-state index < -0.39 is 10.0 Å². The summed E-state index contributed by atoms with van der Waals surface area (Å²) < 4.78 is 27.5. The van der Waals surface area contributed by atoms with Gasteiger partial charge >= 0.3 is 0 Å². The van der Waals surface area contributed by atoms with Gasteiger partial charge in [-0.05, 0) is 36.1 Å². The van der Waals surface area contributed by atoms with Crippen LogP contribution in [0.25, 0.3) is 0 Å². The number of fused-ring (bicyclic) bond motifs is 1. The van der Waals surface area contributed by atoms with Gasteiger partial charge in [-0.15, -0.1) is 11.3 Å². The molecule has 2 aromatic heterocycles. The Kier molecular flexibility index (Phi) is 3.70. The minimum Gasteiger partial charge on any atom is -0.310 e. The molecule has 24 heavy (non-hydrogen) atoms. The van der Waals surface area contributed by atoms with E-state index in [9.17, 15) is 13.2 Å². The molecule has 2 saturated heterocycles. The van der Waals surface area contributed by atoms with Crippen molar-refractivity contribution in [2.24, 2.45) is 11.8 Å². The first kappa shape index (κ1) is 15.7. The van der Waals surface area contributed by atoms with Crippen LogP contribution < -0.4 is 4.90 Å². The first-order chi connectivity index (χ1) is 11.5. The van der Waals surface area contributed by atoms with E-state index in [2.05, 4.69) is 4.98 Å². The monoisotopic (exact) mass is 363 g/mol. The van der Waals surface area contributed by atoms with Crippen LogP contribution in [0.1, 0.15) is 5.56 Å². The number of rotatable bonds is 3. The highest BCUT2D eigenvalue weighted by Crippen LogP contribution is 2.38. The summed E-state index contributed by atoms with van der Waals surface area (Å²) in [5.74, 6) is -0.235. The molecule has 2 aromatic rings. The Labute approximate surface area is 144 Å². The summed E-state index contributed by atoms with van der Waals surface area (Å²) in [6, 6.07) is 5.46. The van der Waals surface area contributed by atoms with Crippen LogP contribution in [0.4, 0.5) is 5.69 Å². The maximum absolute atomic E-state index is 12.8. The highest BCUT2D eigenvalue weighted by Gasteiger charge is 2.50. The van der Waals surface area contributed by atoms with Crippen molar-refractivity contribution in [3.05, 3.63) is 41.5 Å². The van der Waals surface area contributed by atoms with Gasteiger partial charge in [0.2, 0.25) is 5.91 Å². The lowest BCUT2D eigenvalue weighted by molar-refractivity contribution is -0.120. The van der Waals surface area contributed by atoms with Gasteiger partial charge in [-0.1, -0.05) is 0 Å². The minimum absolute atomic E-state index is 0.00592. The van der Waals surface area contributed by atoms with Gasteiger partial charge in [0.25, 0.3) is 10.0 Å². The molecule has 2 aliphatic rings. The molecular formula is C16H17N3O3S2. The summed E-state index contributed by atoms with van der Waals surface area (Å²) >= 11 is 1.24. The van der Waals surface area contributed by atoms with Gasteiger partial charge in [-0.25, -0.2) is 8.42 Å². The van der Waals surface area contributed by atoms with Crippen molar-refractivity contribution in [3.8, 4) is 0 Å². The van der Waals surface area contributed by atoms with Crippen molar-refractivity contribution in [3.63, 3.8) is 0 Å². The Morgan fingerprint density at radius 1 is 1.25 bits per heavy atom. The van der Waals surface area contributed by atoms with Crippen LogP contribution in [-0.4, -0.2) is 43.2 Å². The number of aryl methyl sites for hydroxylation is 1. The third kappa shape index (κ3) is 2.37. The molecule has 1 amide bonds. The SMILES string of the molecule is Cc1ccsc1S(=O)(=O)N1C[C@H]2CN(c3cccnc3)C(=O)[C@H]2C1. The van der Waals surface area contributed by atoms with E-state index in [-0.39, 0.29) is 24.3 Å². The number of hydrogen-bond acceptors (Lipinski definition) is 5. The molecule has 2 fully saturated rings. The maximum atomic E-state index is 12.8. The van der Waals surface area contributed by atoms with E-state index in [1.54, 1.807) is 35.7 Å². The molecule has 0 aromatic carbocycles. The fraction of sp³-hybridized carbons (Fsp3) is 0.375. The van der Waals surface area contributed by atoms with Crippen LogP contribution in [0, 0.1) is 18.8 Å². The van der Waals surface area contributed by atoms with Crippen molar-refractivity contribution in [2.75, 3.05) is 24.5 Å². The van der Waals surface area contributed by atoms with Gasteiger partial charge in [-0.3, -0.25) is 9.78 Å². The molecule has 0 spiro atoms. The average molecular weight is 363 g/mol. The molecule has 0 aliphatic carbocycles. The number of carbonyl (C=O) groups is 1. The maximum Gasteiger partial charge on any atom is 0.252 e. The number of sulfonamides is 1. The fourth-order valence-electron chi connectivity index (χ4n) is 3.50. The van der Waals surface area contributed by atoms with E-state index in [4.69, 9.17) is 0 Å². The van der Waals surface area contributed by atoms with Crippen LogP contribution in [0.2, 0.25) is 0 Å². The topological polar surface area (TPSA) is 70.6 Å². The second-order valence-corrected chi connectivity index (χ2v) is 9.29. The highest BCUT2D eigenvalue weighted by molar-refractivity contribution is 7.91. The number of aromatic nitrogens is 1. The normalized spacial score (nSPS) is 24.5. The standard InChI is InChI=1S/C16H17N3O3S2/c1-11-4-6-23-16(11)24(21,22)18-8-12-9-19(15(20)14(12)10-18)13-3-2-5-17-7-13/h2-7,12,14H,8-10H2,1H3/t12-,14-/m0/s1. The number of amides is 1. The van der Waals surface area contributed by atoms with E-state index in [0.717, 1.165) is 11.3 Å². The zero-order chi connectivity index (χ0) is 16.9. The minimum atomic E-state index is -3.50. The number of anilines is 1. The second kappa shape index (κ2) is 5.65. The Morgan fingerprint density at radius 3 is 2.71 bits per heavy atom. The van der Waals surface area contributed by atoms with Crippen LogP contribution in [0.3, 0.4) is 0 Å². The zero-order valence-electron chi connectivity index (χ0n) is 13.1. The lowest BCUT2D eigenvalue weighted by Crippen LogP contribution is -2.35. The van der Waals surface area contributed by atoms with Crippen molar-refractivity contribution in [1.82, 2.24) is 9.29 Å². The summed E-state index contributed by atoms with van der Waals surface area (Å²) in [5.41, 5.74) is 1.54. The molecule has 8 heteroatoms. The highest BCUT2D eigenvalue weighted by atomic mass is 32.2. The van der Waals surface area contributed by atoms with Crippen LogP contribution in [0.15, 0.2) is 40.2 Å². The molecule has 0 N–H and O–H groups in total. The third-order valence-corrected chi connectivity index (χ3v) is 8.25. The van der Waals surface area contributed by atoms with Crippen LogP contribution in [-0.2, 0) is 14.8 Å². The number of pyridine rings is 1. The summed E-state index contributed by atoms with van der Waals surface area (Å²) in [5, 5.41) is 1.79. The molecule has 6 nitrogen and oxygen atoms in total. The lowest BCUT2D eigenvalue weighted by Gasteiger charge is -2.21. The second-order valence-electron chi connectivity index (χ2n) is 6.24. The molecule has 0 saturated carbocycles. The summed E-state index contributed by atoms with van der Waals surface area (Å²) in [7, 11) is -3.50. The summed E-state index contributed by atoms with van der Waals surface area (Å²) in [6.45, 7) is 3.01. The number of nitrogens with zero attached hydrogens (tertiary/aromatic N) is 3.